The highest BCUT2D eigenvalue weighted by molar-refractivity contribution is 5.40. The van der Waals surface area contributed by atoms with Gasteiger partial charge < -0.3 is 4.52 Å². The molecular weight excluding hydrogens is 218 g/mol. The van der Waals surface area contributed by atoms with Crippen molar-refractivity contribution in [3.63, 3.8) is 0 Å². The second-order valence-electron chi connectivity index (χ2n) is 3.63. The molecule has 6 heteroatoms. The van der Waals surface area contributed by atoms with Gasteiger partial charge in [-0.15, -0.1) is 0 Å². The fourth-order valence-electron chi connectivity index (χ4n) is 1.35. The highest BCUT2D eigenvalue weighted by Crippen LogP contribution is 2.20. The molecule has 0 spiro atoms. The van der Waals surface area contributed by atoms with Crippen LogP contribution in [0.3, 0.4) is 0 Å². The lowest BCUT2D eigenvalue weighted by Gasteiger charge is -2.00. The molecule has 0 aliphatic rings. The summed E-state index contributed by atoms with van der Waals surface area (Å²) in [5.74, 6) is 1.40. The van der Waals surface area contributed by atoms with Gasteiger partial charge in [0, 0.05) is 24.7 Å². The van der Waals surface area contributed by atoms with Crippen molar-refractivity contribution >= 4 is 0 Å². The smallest absolute Gasteiger partial charge is 0.240 e. The van der Waals surface area contributed by atoms with Crippen LogP contribution >= 0.6 is 0 Å². The fourth-order valence-corrected chi connectivity index (χ4v) is 1.35. The summed E-state index contributed by atoms with van der Waals surface area (Å²) in [6, 6.07) is 3.81. The van der Waals surface area contributed by atoms with E-state index < -0.39 is 0 Å². The van der Waals surface area contributed by atoms with Crippen molar-refractivity contribution in [2.75, 3.05) is 0 Å². The van der Waals surface area contributed by atoms with E-state index in [9.17, 15) is 0 Å². The molecule has 1 atom stereocenters. The summed E-state index contributed by atoms with van der Waals surface area (Å²) in [4.78, 5) is 12.3. The molecule has 2 aromatic heterocycles. The fraction of sp³-hybridized carbons (Fsp3) is 0.364. The van der Waals surface area contributed by atoms with Crippen molar-refractivity contribution in [1.29, 1.82) is 5.26 Å². The van der Waals surface area contributed by atoms with Gasteiger partial charge in [-0.2, -0.15) is 10.2 Å². The molecule has 2 aromatic rings. The largest absolute Gasteiger partial charge is 0.339 e. The summed E-state index contributed by atoms with van der Waals surface area (Å²) >= 11 is 0. The maximum atomic E-state index is 8.51. The average Bonchev–Trinajstić information content (AvgIpc) is 2.86. The van der Waals surface area contributed by atoms with E-state index in [1.165, 1.54) is 0 Å². The zero-order valence-electron chi connectivity index (χ0n) is 9.37. The molecule has 6 nitrogen and oxygen atoms in total. The van der Waals surface area contributed by atoms with Gasteiger partial charge in [-0.3, -0.25) is 0 Å². The van der Waals surface area contributed by atoms with Crippen molar-refractivity contribution in [2.24, 2.45) is 0 Å². The third-order valence-electron chi connectivity index (χ3n) is 2.32. The molecule has 0 bridgehead atoms. The molecule has 2 heterocycles. The predicted molar refractivity (Wildman–Crippen MR) is 58.6 cm³/mol. The summed E-state index contributed by atoms with van der Waals surface area (Å²) in [6.45, 7) is 1.94. The van der Waals surface area contributed by atoms with E-state index in [1.54, 1.807) is 18.5 Å². The lowest BCUT2D eigenvalue weighted by molar-refractivity contribution is 0.354. The SMILES string of the molecule is CC(CCC#N)c1nc(-c2ncccn2)no1. The highest BCUT2D eigenvalue weighted by atomic mass is 16.5. The van der Waals surface area contributed by atoms with Crippen LogP contribution in [-0.4, -0.2) is 20.1 Å². The highest BCUT2D eigenvalue weighted by Gasteiger charge is 2.15. The summed E-state index contributed by atoms with van der Waals surface area (Å²) in [7, 11) is 0. The third kappa shape index (κ3) is 2.64. The van der Waals surface area contributed by atoms with Crippen molar-refractivity contribution in [3.8, 4) is 17.7 Å². The van der Waals surface area contributed by atoms with Crippen LogP contribution in [-0.2, 0) is 0 Å². The van der Waals surface area contributed by atoms with Crippen LogP contribution in [0.2, 0.25) is 0 Å². The molecule has 0 aliphatic carbocycles. The van der Waals surface area contributed by atoms with Crippen molar-refractivity contribution in [2.45, 2.75) is 25.7 Å². The standard InChI is InChI=1S/C11H11N5O/c1-8(4-2-5-12)11-15-10(16-17-11)9-13-6-3-7-14-9/h3,6-8H,2,4H2,1H3. The molecule has 17 heavy (non-hydrogen) atoms. The van der Waals surface area contributed by atoms with Gasteiger partial charge in [0.1, 0.15) is 0 Å². The van der Waals surface area contributed by atoms with E-state index in [4.69, 9.17) is 9.78 Å². The Morgan fingerprint density at radius 3 is 2.82 bits per heavy atom. The van der Waals surface area contributed by atoms with Crippen LogP contribution in [0.5, 0.6) is 0 Å². The van der Waals surface area contributed by atoms with Crippen LogP contribution in [0.4, 0.5) is 0 Å². The van der Waals surface area contributed by atoms with Gasteiger partial charge in [-0.05, 0) is 12.5 Å². The minimum atomic E-state index is 0.0691. The second-order valence-corrected chi connectivity index (χ2v) is 3.63. The Balaban J connectivity index is 2.14. The molecule has 0 aliphatic heterocycles. The van der Waals surface area contributed by atoms with Gasteiger partial charge in [0.05, 0.1) is 6.07 Å². The first-order valence-corrected chi connectivity index (χ1v) is 5.29. The summed E-state index contributed by atoms with van der Waals surface area (Å²) in [6.07, 6.45) is 4.42. The second kappa shape index (κ2) is 5.16. The monoisotopic (exact) mass is 229 g/mol. The first kappa shape index (κ1) is 11.2. The molecule has 0 saturated heterocycles. The van der Waals surface area contributed by atoms with Crippen LogP contribution in [0.15, 0.2) is 23.0 Å². The Hall–Kier alpha value is -2.29. The lowest BCUT2D eigenvalue weighted by atomic mass is 10.1. The first-order valence-electron chi connectivity index (χ1n) is 5.29. The zero-order chi connectivity index (χ0) is 12.1. The predicted octanol–water partition coefficient (Wildman–Crippen LogP) is 1.93. The normalized spacial score (nSPS) is 12.0. The maximum absolute atomic E-state index is 8.51. The Morgan fingerprint density at radius 1 is 1.35 bits per heavy atom. The van der Waals surface area contributed by atoms with E-state index in [2.05, 4.69) is 26.2 Å². The van der Waals surface area contributed by atoms with Gasteiger partial charge in [0.2, 0.25) is 17.5 Å². The molecule has 0 amide bonds. The summed E-state index contributed by atoms with van der Waals surface area (Å²) in [5.41, 5.74) is 0. The van der Waals surface area contributed by atoms with Gasteiger partial charge in [0.15, 0.2) is 0 Å². The van der Waals surface area contributed by atoms with Crippen LogP contribution in [0.25, 0.3) is 11.6 Å². The van der Waals surface area contributed by atoms with Gasteiger partial charge in [0.25, 0.3) is 0 Å². The third-order valence-corrected chi connectivity index (χ3v) is 2.32. The molecule has 0 aromatic carbocycles. The minimum Gasteiger partial charge on any atom is -0.339 e. The number of rotatable bonds is 4. The van der Waals surface area contributed by atoms with E-state index in [1.807, 2.05) is 6.92 Å². The van der Waals surface area contributed by atoms with E-state index in [0.29, 0.717) is 30.4 Å². The number of hydrogen-bond donors (Lipinski definition) is 0. The molecule has 0 fully saturated rings. The van der Waals surface area contributed by atoms with Crippen LogP contribution < -0.4 is 0 Å². The molecule has 0 saturated carbocycles. The van der Waals surface area contributed by atoms with Crippen molar-refractivity contribution < 1.29 is 4.52 Å². The Bertz CT molecular complexity index is 516. The van der Waals surface area contributed by atoms with Crippen LogP contribution in [0.1, 0.15) is 31.6 Å². The topological polar surface area (TPSA) is 88.5 Å². The molecule has 0 N–H and O–H groups in total. The zero-order valence-corrected chi connectivity index (χ0v) is 9.37. The van der Waals surface area contributed by atoms with Crippen molar-refractivity contribution in [1.82, 2.24) is 20.1 Å². The minimum absolute atomic E-state index is 0.0691. The Labute approximate surface area is 98.3 Å². The van der Waals surface area contributed by atoms with E-state index in [-0.39, 0.29) is 5.92 Å². The Kier molecular flexibility index (Phi) is 3.40. The average molecular weight is 229 g/mol. The first-order chi connectivity index (χ1) is 8.31. The number of nitriles is 1. The number of aromatic nitrogens is 4. The van der Waals surface area contributed by atoms with Crippen molar-refractivity contribution in [3.05, 3.63) is 24.4 Å². The van der Waals surface area contributed by atoms with Crippen LogP contribution in [0, 0.1) is 11.3 Å². The molecule has 0 radical (unpaired) electrons. The maximum Gasteiger partial charge on any atom is 0.240 e. The van der Waals surface area contributed by atoms with Gasteiger partial charge in [-0.25, -0.2) is 9.97 Å². The quantitative estimate of drug-likeness (QED) is 0.795. The van der Waals surface area contributed by atoms with Gasteiger partial charge >= 0.3 is 0 Å². The number of nitrogens with zero attached hydrogens (tertiary/aromatic N) is 5. The molecule has 2 rings (SSSR count). The van der Waals surface area contributed by atoms with Gasteiger partial charge in [-0.1, -0.05) is 12.1 Å². The van der Waals surface area contributed by atoms with E-state index >= 15 is 0 Å². The lowest BCUT2D eigenvalue weighted by Crippen LogP contribution is -1.94. The molecule has 86 valence electrons. The molecular formula is C11H11N5O. The Morgan fingerprint density at radius 2 is 2.12 bits per heavy atom. The summed E-state index contributed by atoms with van der Waals surface area (Å²) < 4.78 is 5.13. The summed E-state index contributed by atoms with van der Waals surface area (Å²) in [5, 5.41) is 12.3. The van der Waals surface area contributed by atoms with E-state index in [0.717, 1.165) is 0 Å². The molecule has 1 unspecified atom stereocenters. The number of hydrogen-bond acceptors (Lipinski definition) is 6.